The maximum absolute atomic E-state index is 4.55. The highest BCUT2D eigenvalue weighted by Crippen LogP contribution is 2.29. The molecule has 2 heteroatoms. The molecule has 0 aliphatic rings. The van der Waals surface area contributed by atoms with Crippen LogP contribution in [0.1, 0.15) is 55.1 Å². The first kappa shape index (κ1) is 9.72. The van der Waals surface area contributed by atoms with E-state index >= 15 is 0 Å². The Bertz CT molecular complexity index is 261. The molecule has 0 spiro atoms. The van der Waals surface area contributed by atoms with Crippen molar-refractivity contribution < 1.29 is 0 Å². The molecule has 0 unspecified atom stereocenters. The number of aryl methyl sites for hydroxylation is 1. The first-order chi connectivity index (χ1) is 5.52. The highest BCUT2D eigenvalue weighted by molar-refractivity contribution is 7.11. The van der Waals surface area contributed by atoms with Gasteiger partial charge in [-0.3, -0.25) is 0 Å². The van der Waals surface area contributed by atoms with E-state index in [0.717, 1.165) is 0 Å². The lowest BCUT2D eigenvalue weighted by Crippen LogP contribution is -1.86. The van der Waals surface area contributed by atoms with E-state index in [1.807, 2.05) is 11.3 Å². The molecule has 0 aliphatic carbocycles. The second-order valence-corrected chi connectivity index (χ2v) is 4.87. The lowest BCUT2D eigenvalue weighted by atomic mass is 10.1. The average Bonchev–Trinajstić information content (AvgIpc) is 2.30. The molecule has 0 amide bonds. The fourth-order valence-corrected chi connectivity index (χ4v) is 2.28. The first-order valence-corrected chi connectivity index (χ1v) is 5.31. The number of hydrogen-bond acceptors (Lipinski definition) is 2. The van der Waals surface area contributed by atoms with Crippen molar-refractivity contribution in [1.29, 1.82) is 0 Å². The van der Waals surface area contributed by atoms with Gasteiger partial charge in [-0.1, -0.05) is 27.7 Å². The number of aromatic nitrogens is 1. The average molecular weight is 183 g/mol. The second-order valence-electron chi connectivity index (χ2n) is 3.81. The van der Waals surface area contributed by atoms with Crippen LogP contribution in [0.25, 0.3) is 0 Å². The molecule has 12 heavy (non-hydrogen) atoms. The Balaban J connectivity index is 3.00. The predicted molar refractivity (Wildman–Crippen MR) is 55.0 cm³/mol. The van der Waals surface area contributed by atoms with Gasteiger partial charge in [-0.25, -0.2) is 4.98 Å². The summed E-state index contributed by atoms with van der Waals surface area (Å²) in [5.41, 5.74) is 1.22. The lowest BCUT2D eigenvalue weighted by Gasteiger charge is -1.99. The fraction of sp³-hybridized carbons (Fsp3) is 0.700. The summed E-state index contributed by atoms with van der Waals surface area (Å²) >= 11 is 1.86. The summed E-state index contributed by atoms with van der Waals surface area (Å²) < 4.78 is 0. The van der Waals surface area contributed by atoms with Crippen molar-refractivity contribution in [3.8, 4) is 0 Å². The van der Waals surface area contributed by atoms with Gasteiger partial charge in [0.15, 0.2) is 0 Å². The largest absolute Gasteiger partial charge is 0.246 e. The smallest absolute Gasteiger partial charge is 0.0956 e. The van der Waals surface area contributed by atoms with Gasteiger partial charge < -0.3 is 0 Å². The number of rotatable bonds is 2. The Morgan fingerprint density at radius 3 is 1.92 bits per heavy atom. The van der Waals surface area contributed by atoms with Crippen LogP contribution >= 0.6 is 11.3 Å². The molecule has 1 nitrogen and oxygen atoms in total. The van der Waals surface area contributed by atoms with Crippen molar-refractivity contribution in [2.45, 2.75) is 46.5 Å². The topological polar surface area (TPSA) is 12.9 Å². The van der Waals surface area contributed by atoms with Gasteiger partial charge >= 0.3 is 0 Å². The van der Waals surface area contributed by atoms with E-state index < -0.39 is 0 Å². The van der Waals surface area contributed by atoms with Crippen molar-refractivity contribution >= 4 is 11.3 Å². The second kappa shape index (κ2) is 3.56. The highest BCUT2D eigenvalue weighted by atomic mass is 32.1. The SMILES string of the molecule is Cc1nc(C(C)C)sc1C(C)C. The van der Waals surface area contributed by atoms with E-state index in [1.165, 1.54) is 15.6 Å². The standard InChI is InChI=1S/C10H17NS/c1-6(2)9-8(5)11-10(12-9)7(3)4/h6-7H,1-5H3. The third-order valence-electron chi connectivity index (χ3n) is 1.87. The summed E-state index contributed by atoms with van der Waals surface area (Å²) in [4.78, 5) is 5.99. The lowest BCUT2D eigenvalue weighted by molar-refractivity contribution is 0.839. The third kappa shape index (κ3) is 1.86. The van der Waals surface area contributed by atoms with Crippen molar-refractivity contribution in [3.05, 3.63) is 15.6 Å². The summed E-state index contributed by atoms with van der Waals surface area (Å²) in [6.45, 7) is 11.0. The summed E-state index contributed by atoms with van der Waals surface area (Å²) in [6, 6.07) is 0. The minimum atomic E-state index is 0.571. The fourth-order valence-electron chi connectivity index (χ4n) is 1.21. The minimum absolute atomic E-state index is 0.571. The van der Waals surface area contributed by atoms with Crippen LogP contribution in [0, 0.1) is 6.92 Å². The molecule has 1 aromatic heterocycles. The van der Waals surface area contributed by atoms with Crippen molar-refractivity contribution in [2.75, 3.05) is 0 Å². The zero-order valence-corrected chi connectivity index (χ0v) is 9.33. The molecule has 1 rings (SSSR count). The van der Waals surface area contributed by atoms with Crippen molar-refractivity contribution in [3.63, 3.8) is 0 Å². The van der Waals surface area contributed by atoms with Crippen molar-refractivity contribution in [2.24, 2.45) is 0 Å². The van der Waals surface area contributed by atoms with Gasteiger partial charge in [0.05, 0.1) is 10.7 Å². The van der Waals surface area contributed by atoms with E-state index in [2.05, 4.69) is 39.6 Å². The Morgan fingerprint density at radius 1 is 1.08 bits per heavy atom. The van der Waals surface area contributed by atoms with Gasteiger partial charge in [0, 0.05) is 10.8 Å². The summed E-state index contributed by atoms with van der Waals surface area (Å²) in [5.74, 6) is 1.19. The van der Waals surface area contributed by atoms with Gasteiger partial charge in [-0.15, -0.1) is 11.3 Å². The zero-order chi connectivity index (χ0) is 9.30. The molecule has 1 heterocycles. The van der Waals surface area contributed by atoms with Gasteiger partial charge in [0.25, 0.3) is 0 Å². The molecular formula is C10H17NS. The van der Waals surface area contributed by atoms with E-state index in [1.54, 1.807) is 0 Å². The van der Waals surface area contributed by atoms with Crippen LogP contribution in [0.3, 0.4) is 0 Å². The van der Waals surface area contributed by atoms with Crippen LogP contribution in [-0.4, -0.2) is 4.98 Å². The van der Waals surface area contributed by atoms with Crippen LogP contribution in [0.2, 0.25) is 0 Å². The maximum Gasteiger partial charge on any atom is 0.0956 e. The molecule has 68 valence electrons. The van der Waals surface area contributed by atoms with Crippen LogP contribution in [0.5, 0.6) is 0 Å². The van der Waals surface area contributed by atoms with Crippen LogP contribution in [-0.2, 0) is 0 Å². The van der Waals surface area contributed by atoms with Gasteiger partial charge in [-0.2, -0.15) is 0 Å². The molecule has 0 atom stereocenters. The minimum Gasteiger partial charge on any atom is -0.246 e. The molecule has 0 aliphatic heterocycles. The molecule has 0 radical (unpaired) electrons. The molecule has 0 bridgehead atoms. The third-order valence-corrected chi connectivity index (χ3v) is 3.63. The molecular weight excluding hydrogens is 166 g/mol. The van der Waals surface area contributed by atoms with Gasteiger partial charge in [0.1, 0.15) is 0 Å². The van der Waals surface area contributed by atoms with Gasteiger partial charge in [-0.05, 0) is 12.8 Å². The predicted octanol–water partition coefficient (Wildman–Crippen LogP) is 3.70. The maximum atomic E-state index is 4.55. The van der Waals surface area contributed by atoms with E-state index in [-0.39, 0.29) is 0 Å². The molecule has 0 saturated heterocycles. The Morgan fingerprint density at radius 2 is 1.67 bits per heavy atom. The first-order valence-electron chi connectivity index (χ1n) is 4.49. The zero-order valence-electron chi connectivity index (χ0n) is 8.51. The van der Waals surface area contributed by atoms with Crippen LogP contribution in [0.4, 0.5) is 0 Å². The van der Waals surface area contributed by atoms with E-state index in [0.29, 0.717) is 11.8 Å². The normalized spacial score (nSPS) is 11.6. The van der Waals surface area contributed by atoms with Crippen LogP contribution in [0.15, 0.2) is 0 Å². The highest BCUT2D eigenvalue weighted by Gasteiger charge is 2.12. The number of nitrogens with zero attached hydrogens (tertiary/aromatic N) is 1. The molecule has 0 N–H and O–H groups in total. The molecule has 0 saturated carbocycles. The summed E-state index contributed by atoms with van der Waals surface area (Å²) in [7, 11) is 0. The molecule has 0 aromatic carbocycles. The number of thiazole rings is 1. The quantitative estimate of drug-likeness (QED) is 0.681. The Labute approximate surface area is 78.8 Å². The molecule has 0 fully saturated rings. The molecule has 1 aromatic rings. The van der Waals surface area contributed by atoms with Gasteiger partial charge in [0.2, 0.25) is 0 Å². The summed E-state index contributed by atoms with van der Waals surface area (Å²) in [5, 5.41) is 1.27. The Hall–Kier alpha value is -0.370. The Kier molecular flexibility index (Phi) is 2.89. The number of hydrogen-bond donors (Lipinski definition) is 0. The van der Waals surface area contributed by atoms with Crippen molar-refractivity contribution in [1.82, 2.24) is 4.98 Å². The van der Waals surface area contributed by atoms with E-state index in [4.69, 9.17) is 0 Å². The monoisotopic (exact) mass is 183 g/mol. The van der Waals surface area contributed by atoms with E-state index in [9.17, 15) is 0 Å². The summed E-state index contributed by atoms with van der Waals surface area (Å²) in [6.07, 6.45) is 0. The van der Waals surface area contributed by atoms with Crippen LogP contribution < -0.4 is 0 Å².